The van der Waals surface area contributed by atoms with Gasteiger partial charge in [-0.1, -0.05) is 42.8 Å². The van der Waals surface area contributed by atoms with Crippen molar-refractivity contribution in [1.29, 1.82) is 0 Å². The minimum atomic E-state index is -1.17. The molecule has 1 amide bonds. The van der Waals surface area contributed by atoms with E-state index in [0.717, 1.165) is 12.0 Å². The Morgan fingerprint density at radius 3 is 2.53 bits per heavy atom. The Morgan fingerprint density at radius 1 is 1.09 bits per heavy atom. The number of carbonyl (C=O) groups is 2. The zero-order valence-corrected chi connectivity index (χ0v) is 19.5. The number of nitrogens with zero attached hydrogens (tertiary/aromatic N) is 1. The summed E-state index contributed by atoms with van der Waals surface area (Å²) >= 11 is 6.13. The highest BCUT2D eigenvalue weighted by atomic mass is 35.5. The standard InChI is InChI=1S/C27H23ClFNO4/c1-3-13-34-22-12-11-17(14-16(22)2)25(31)23-24(20-9-4-5-10-21(20)29)30(27(33)26(23)32)19-8-6-7-18(28)15-19/h4-12,14-15,24,31H,3,13H2,1-2H3/b25-23+. The van der Waals surface area contributed by atoms with Crippen molar-refractivity contribution in [2.24, 2.45) is 0 Å². The van der Waals surface area contributed by atoms with Crippen LogP contribution in [0.3, 0.4) is 0 Å². The van der Waals surface area contributed by atoms with Gasteiger partial charge in [0.1, 0.15) is 17.3 Å². The Morgan fingerprint density at radius 2 is 1.85 bits per heavy atom. The average molecular weight is 480 g/mol. The second kappa shape index (κ2) is 9.69. The van der Waals surface area contributed by atoms with Crippen LogP contribution in [0.15, 0.2) is 72.3 Å². The van der Waals surface area contributed by atoms with Gasteiger partial charge in [-0.2, -0.15) is 0 Å². The van der Waals surface area contributed by atoms with Crippen LogP contribution in [0.5, 0.6) is 5.75 Å². The number of halogens is 2. The van der Waals surface area contributed by atoms with E-state index in [1.165, 1.54) is 29.2 Å². The van der Waals surface area contributed by atoms with E-state index in [-0.39, 0.29) is 16.9 Å². The molecule has 0 aliphatic carbocycles. The second-order valence-electron chi connectivity index (χ2n) is 8.00. The van der Waals surface area contributed by atoms with Gasteiger partial charge in [0, 0.05) is 21.8 Å². The number of aliphatic hydroxyl groups excluding tert-OH is 1. The molecule has 4 rings (SSSR count). The van der Waals surface area contributed by atoms with Crippen molar-refractivity contribution in [1.82, 2.24) is 0 Å². The van der Waals surface area contributed by atoms with Crippen molar-refractivity contribution < 1.29 is 23.8 Å². The molecule has 1 aliphatic heterocycles. The highest BCUT2D eigenvalue weighted by molar-refractivity contribution is 6.51. The van der Waals surface area contributed by atoms with Crippen LogP contribution in [0, 0.1) is 12.7 Å². The Labute approximate surface area is 202 Å². The summed E-state index contributed by atoms with van der Waals surface area (Å²) in [6, 6.07) is 16.1. The molecule has 0 radical (unpaired) electrons. The first-order valence-electron chi connectivity index (χ1n) is 10.9. The smallest absolute Gasteiger partial charge is 0.300 e. The molecule has 1 saturated heterocycles. The van der Waals surface area contributed by atoms with E-state index in [2.05, 4.69) is 0 Å². The lowest BCUT2D eigenvalue weighted by atomic mass is 9.94. The van der Waals surface area contributed by atoms with E-state index in [0.29, 0.717) is 28.6 Å². The second-order valence-corrected chi connectivity index (χ2v) is 8.44. The number of amides is 1. The highest BCUT2D eigenvalue weighted by Gasteiger charge is 2.47. The van der Waals surface area contributed by atoms with E-state index >= 15 is 0 Å². The monoisotopic (exact) mass is 479 g/mol. The molecule has 3 aromatic carbocycles. The Bertz CT molecular complexity index is 1300. The average Bonchev–Trinajstić information content (AvgIpc) is 3.08. The largest absolute Gasteiger partial charge is 0.507 e. The number of hydrogen-bond acceptors (Lipinski definition) is 4. The third kappa shape index (κ3) is 4.29. The molecule has 5 nitrogen and oxygen atoms in total. The first-order chi connectivity index (χ1) is 16.3. The number of benzene rings is 3. The van der Waals surface area contributed by atoms with Crippen LogP contribution in [0.2, 0.25) is 5.02 Å². The van der Waals surface area contributed by atoms with E-state index in [1.807, 2.05) is 13.8 Å². The topological polar surface area (TPSA) is 66.8 Å². The molecule has 0 bridgehead atoms. The van der Waals surface area contributed by atoms with Gasteiger partial charge in [0.2, 0.25) is 0 Å². The van der Waals surface area contributed by atoms with E-state index in [9.17, 15) is 19.1 Å². The third-order valence-corrected chi connectivity index (χ3v) is 5.88. The molecule has 1 unspecified atom stereocenters. The van der Waals surface area contributed by atoms with Crippen LogP contribution in [0.25, 0.3) is 5.76 Å². The molecule has 34 heavy (non-hydrogen) atoms. The number of hydrogen-bond donors (Lipinski definition) is 1. The molecule has 1 atom stereocenters. The van der Waals surface area contributed by atoms with Crippen LogP contribution in [-0.2, 0) is 9.59 Å². The number of rotatable bonds is 6. The fourth-order valence-electron chi connectivity index (χ4n) is 4.04. The minimum absolute atomic E-state index is 0.0860. The van der Waals surface area contributed by atoms with E-state index in [4.69, 9.17) is 16.3 Å². The molecule has 0 saturated carbocycles. The quantitative estimate of drug-likeness (QED) is 0.259. The van der Waals surface area contributed by atoms with E-state index in [1.54, 1.807) is 42.5 Å². The Kier molecular flexibility index (Phi) is 6.70. The Balaban J connectivity index is 1.90. The number of carbonyl (C=O) groups excluding carboxylic acids is 2. The van der Waals surface area contributed by atoms with Crippen molar-refractivity contribution in [3.8, 4) is 5.75 Å². The van der Waals surface area contributed by atoms with Gasteiger partial charge in [0.15, 0.2) is 0 Å². The molecule has 174 valence electrons. The zero-order chi connectivity index (χ0) is 24.4. The number of ether oxygens (including phenoxy) is 1. The predicted octanol–water partition coefficient (Wildman–Crippen LogP) is 6.20. The van der Waals surface area contributed by atoms with Crippen LogP contribution < -0.4 is 9.64 Å². The summed E-state index contributed by atoms with van der Waals surface area (Å²) < 4.78 is 20.6. The van der Waals surface area contributed by atoms with Crippen molar-refractivity contribution >= 4 is 34.7 Å². The molecule has 1 N–H and O–H groups in total. The maximum absolute atomic E-state index is 14.9. The number of Topliss-reactive ketones (excluding diaryl/α,β-unsaturated/α-hetero) is 1. The third-order valence-electron chi connectivity index (χ3n) is 5.64. The van der Waals surface area contributed by atoms with Crippen molar-refractivity contribution in [3.63, 3.8) is 0 Å². The molecule has 0 spiro atoms. The van der Waals surface area contributed by atoms with Gasteiger partial charge in [-0.05, 0) is 61.4 Å². The summed E-state index contributed by atoms with van der Waals surface area (Å²) in [6.07, 6.45) is 0.844. The predicted molar refractivity (Wildman–Crippen MR) is 130 cm³/mol. The normalized spacial score (nSPS) is 17.3. The van der Waals surface area contributed by atoms with Crippen molar-refractivity contribution in [2.75, 3.05) is 11.5 Å². The van der Waals surface area contributed by atoms with Crippen LogP contribution in [-0.4, -0.2) is 23.4 Å². The maximum atomic E-state index is 14.9. The number of aryl methyl sites for hydroxylation is 1. The van der Waals surface area contributed by atoms with Gasteiger partial charge >= 0.3 is 0 Å². The lowest BCUT2D eigenvalue weighted by molar-refractivity contribution is -0.132. The summed E-state index contributed by atoms with van der Waals surface area (Å²) in [6.45, 7) is 4.36. The molecular weight excluding hydrogens is 457 g/mol. The minimum Gasteiger partial charge on any atom is -0.507 e. The van der Waals surface area contributed by atoms with Crippen LogP contribution in [0.1, 0.15) is 36.1 Å². The number of aliphatic hydroxyl groups is 1. The van der Waals surface area contributed by atoms with Gasteiger partial charge in [-0.25, -0.2) is 4.39 Å². The summed E-state index contributed by atoms with van der Waals surface area (Å²) in [4.78, 5) is 27.5. The SMILES string of the molecule is CCCOc1ccc(/C(O)=C2\C(=O)C(=O)N(c3cccc(Cl)c3)C2c2ccccc2F)cc1C. The lowest BCUT2D eigenvalue weighted by Gasteiger charge is -2.26. The highest BCUT2D eigenvalue weighted by Crippen LogP contribution is 2.43. The summed E-state index contributed by atoms with van der Waals surface area (Å²) in [7, 11) is 0. The molecule has 1 fully saturated rings. The fraction of sp³-hybridized carbons (Fsp3) is 0.185. The number of ketones is 1. The van der Waals surface area contributed by atoms with Gasteiger partial charge in [-0.15, -0.1) is 0 Å². The van der Waals surface area contributed by atoms with Gasteiger partial charge in [-0.3, -0.25) is 14.5 Å². The van der Waals surface area contributed by atoms with Crippen molar-refractivity contribution in [3.05, 3.63) is 99.8 Å². The van der Waals surface area contributed by atoms with Gasteiger partial charge < -0.3 is 9.84 Å². The molecule has 7 heteroatoms. The molecule has 3 aromatic rings. The summed E-state index contributed by atoms with van der Waals surface area (Å²) in [5.41, 5.74) is 1.29. The summed E-state index contributed by atoms with van der Waals surface area (Å²) in [5, 5.41) is 11.6. The fourth-order valence-corrected chi connectivity index (χ4v) is 4.23. The lowest BCUT2D eigenvalue weighted by Crippen LogP contribution is -2.29. The molecular formula is C27H23ClFNO4. The van der Waals surface area contributed by atoms with E-state index < -0.39 is 23.5 Å². The molecule has 1 aliphatic rings. The van der Waals surface area contributed by atoms with Crippen molar-refractivity contribution in [2.45, 2.75) is 26.3 Å². The Hall–Kier alpha value is -3.64. The summed E-state index contributed by atoms with van der Waals surface area (Å²) in [5.74, 6) is -2.12. The molecule has 0 aromatic heterocycles. The van der Waals surface area contributed by atoms with Crippen LogP contribution in [0.4, 0.5) is 10.1 Å². The van der Waals surface area contributed by atoms with Crippen LogP contribution >= 0.6 is 11.6 Å². The first-order valence-corrected chi connectivity index (χ1v) is 11.3. The number of anilines is 1. The maximum Gasteiger partial charge on any atom is 0.300 e. The van der Waals surface area contributed by atoms with Gasteiger partial charge in [0.05, 0.1) is 18.2 Å². The zero-order valence-electron chi connectivity index (χ0n) is 18.7. The first kappa shape index (κ1) is 23.5. The van der Waals surface area contributed by atoms with Gasteiger partial charge in [0.25, 0.3) is 11.7 Å². The molecule has 1 heterocycles.